The van der Waals surface area contributed by atoms with Crippen molar-refractivity contribution in [2.45, 2.75) is 25.8 Å². The summed E-state index contributed by atoms with van der Waals surface area (Å²) in [6, 6.07) is 11.3. The molecular formula is C21H27N3O3S. The second-order valence-electron chi connectivity index (χ2n) is 6.72. The van der Waals surface area contributed by atoms with E-state index < -0.39 is 0 Å². The van der Waals surface area contributed by atoms with Crippen LogP contribution >= 0.6 is 11.3 Å². The van der Waals surface area contributed by atoms with Crippen molar-refractivity contribution < 1.29 is 14.3 Å². The summed E-state index contributed by atoms with van der Waals surface area (Å²) in [5.41, 5.74) is 0.504. The summed E-state index contributed by atoms with van der Waals surface area (Å²) in [5, 5.41) is 7.71. The zero-order valence-corrected chi connectivity index (χ0v) is 17.0. The van der Waals surface area contributed by atoms with Crippen LogP contribution in [0.25, 0.3) is 0 Å². The van der Waals surface area contributed by atoms with E-state index in [0.29, 0.717) is 18.7 Å². The first-order valence-corrected chi connectivity index (χ1v) is 10.6. The van der Waals surface area contributed by atoms with Crippen LogP contribution in [0.3, 0.4) is 0 Å². The van der Waals surface area contributed by atoms with Gasteiger partial charge >= 0.3 is 0 Å². The third-order valence-electron chi connectivity index (χ3n) is 4.78. The lowest BCUT2D eigenvalue weighted by molar-refractivity contribution is -0.120. The summed E-state index contributed by atoms with van der Waals surface area (Å²) in [5.74, 6) is 0.269. The highest BCUT2D eigenvalue weighted by molar-refractivity contribution is 7.10. The molecule has 7 heteroatoms. The molecule has 0 bridgehead atoms. The molecule has 1 aromatic heterocycles. The fraction of sp³-hybridized carbons (Fsp3) is 0.429. The summed E-state index contributed by atoms with van der Waals surface area (Å²) >= 11 is 1.72. The summed E-state index contributed by atoms with van der Waals surface area (Å²) < 4.78 is 5.37. The van der Waals surface area contributed by atoms with E-state index >= 15 is 0 Å². The predicted octanol–water partition coefficient (Wildman–Crippen LogP) is 2.83. The Morgan fingerprint density at radius 3 is 2.54 bits per heavy atom. The highest BCUT2D eigenvalue weighted by Gasteiger charge is 2.24. The topological polar surface area (TPSA) is 70.7 Å². The van der Waals surface area contributed by atoms with Crippen molar-refractivity contribution in [3.05, 3.63) is 52.2 Å². The zero-order chi connectivity index (χ0) is 19.8. The van der Waals surface area contributed by atoms with Gasteiger partial charge in [-0.25, -0.2) is 0 Å². The summed E-state index contributed by atoms with van der Waals surface area (Å²) in [6.07, 6.45) is 2.40. The van der Waals surface area contributed by atoms with Gasteiger partial charge in [0.25, 0.3) is 5.91 Å². The van der Waals surface area contributed by atoms with Crippen molar-refractivity contribution in [1.82, 2.24) is 15.5 Å². The molecule has 0 spiro atoms. The van der Waals surface area contributed by atoms with Crippen LogP contribution in [-0.4, -0.2) is 49.5 Å². The van der Waals surface area contributed by atoms with E-state index in [2.05, 4.69) is 27.0 Å². The predicted molar refractivity (Wildman–Crippen MR) is 111 cm³/mol. The molecule has 0 radical (unpaired) electrons. The molecule has 1 aliphatic rings. The Balaban J connectivity index is 1.47. The molecule has 2 heterocycles. The Kier molecular flexibility index (Phi) is 7.45. The molecular weight excluding hydrogens is 374 g/mol. The minimum Gasteiger partial charge on any atom is -0.494 e. The van der Waals surface area contributed by atoms with E-state index in [9.17, 15) is 9.59 Å². The minimum atomic E-state index is -0.271. The number of nitrogens with one attached hydrogen (secondary N) is 2. The standard InChI is InChI=1S/C21H27N3O3S/c1-2-27-17-9-7-16(8-10-17)21(26)23-15-20(25)22-14-18(19-6-5-13-28-19)24-11-3-4-12-24/h5-10,13,18H,2-4,11-12,14-15H2,1H3,(H,22,25)(H,23,26)/t18-/m0/s1. The molecule has 28 heavy (non-hydrogen) atoms. The highest BCUT2D eigenvalue weighted by atomic mass is 32.1. The van der Waals surface area contributed by atoms with Gasteiger partial charge in [0, 0.05) is 17.0 Å². The quantitative estimate of drug-likeness (QED) is 0.678. The van der Waals surface area contributed by atoms with Crippen molar-refractivity contribution in [2.75, 3.05) is 32.8 Å². The molecule has 1 aromatic carbocycles. The minimum absolute atomic E-state index is 0.0385. The SMILES string of the molecule is CCOc1ccc(C(=O)NCC(=O)NC[C@@H](c2cccs2)N2CCCC2)cc1. The normalized spacial score (nSPS) is 15.2. The molecule has 1 aliphatic heterocycles. The van der Waals surface area contributed by atoms with Gasteiger partial charge in [-0.2, -0.15) is 0 Å². The molecule has 6 nitrogen and oxygen atoms in total. The first-order chi connectivity index (χ1) is 13.7. The number of hydrogen-bond acceptors (Lipinski definition) is 5. The van der Waals surface area contributed by atoms with E-state index in [-0.39, 0.29) is 24.4 Å². The van der Waals surface area contributed by atoms with E-state index in [1.54, 1.807) is 35.6 Å². The number of benzene rings is 1. The maximum atomic E-state index is 12.2. The third-order valence-corrected chi connectivity index (χ3v) is 5.76. The number of likely N-dealkylation sites (tertiary alicyclic amines) is 1. The number of thiophene rings is 1. The maximum absolute atomic E-state index is 12.2. The van der Waals surface area contributed by atoms with Gasteiger partial charge in [0.2, 0.25) is 5.91 Å². The van der Waals surface area contributed by atoms with Crippen molar-refractivity contribution in [3.8, 4) is 5.75 Å². The number of nitrogens with zero attached hydrogens (tertiary/aromatic N) is 1. The van der Waals surface area contributed by atoms with Crippen molar-refractivity contribution in [1.29, 1.82) is 0 Å². The lowest BCUT2D eigenvalue weighted by Crippen LogP contribution is -2.41. The number of ether oxygens (including phenoxy) is 1. The lowest BCUT2D eigenvalue weighted by Gasteiger charge is -2.26. The fourth-order valence-electron chi connectivity index (χ4n) is 3.35. The Morgan fingerprint density at radius 1 is 1.14 bits per heavy atom. The monoisotopic (exact) mass is 401 g/mol. The number of carbonyl (C=O) groups is 2. The van der Waals surface area contributed by atoms with Crippen LogP contribution in [0.1, 0.15) is 41.0 Å². The van der Waals surface area contributed by atoms with E-state index in [0.717, 1.165) is 18.8 Å². The second kappa shape index (κ2) is 10.2. The van der Waals surface area contributed by atoms with Crippen LogP contribution in [-0.2, 0) is 4.79 Å². The lowest BCUT2D eigenvalue weighted by atomic mass is 10.2. The second-order valence-corrected chi connectivity index (χ2v) is 7.70. The molecule has 0 unspecified atom stereocenters. The molecule has 0 saturated carbocycles. The molecule has 2 amide bonds. The fourth-order valence-corrected chi connectivity index (χ4v) is 4.21. The molecule has 2 aromatic rings. The van der Waals surface area contributed by atoms with Gasteiger partial charge in [0.1, 0.15) is 5.75 Å². The average molecular weight is 402 g/mol. The van der Waals surface area contributed by atoms with Crippen LogP contribution in [0.2, 0.25) is 0 Å². The molecule has 150 valence electrons. The first kappa shape index (κ1) is 20.4. The smallest absolute Gasteiger partial charge is 0.251 e. The number of carbonyl (C=O) groups excluding carboxylic acids is 2. The molecule has 3 rings (SSSR count). The Hall–Kier alpha value is -2.38. The van der Waals surface area contributed by atoms with Crippen molar-refractivity contribution in [2.24, 2.45) is 0 Å². The van der Waals surface area contributed by atoms with E-state index in [1.165, 1.54) is 17.7 Å². The van der Waals surface area contributed by atoms with Crippen LogP contribution in [0.4, 0.5) is 0 Å². The molecule has 1 atom stereocenters. The maximum Gasteiger partial charge on any atom is 0.251 e. The molecule has 0 aliphatic carbocycles. The highest BCUT2D eigenvalue weighted by Crippen LogP contribution is 2.27. The van der Waals surface area contributed by atoms with E-state index in [4.69, 9.17) is 4.74 Å². The van der Waals surface area contributed by atoms with Gasteiger partial charge in [0.15, 0.2) is 0 Å². The van der Waals surface area contributed by atoms with Crippen LogP contribution in [0.5, 0.6) is 5.75 Å². The zero-order valence-electron chi connectivity index (χ0n) is 16.1. The van der Waals surface area contributed by atoms with Crippen LogP contribution in [0, 0.1) is 0 Å². The van der Waals surface area contributed by atoms with Gasteiger partial charge in [-0.1, -0.05) is 6.07 Å². The largest absolute Gasteiger partial charge is 0.494 e. The van der Waals surface area contributed by atoms with Gasteiger partial charge in [-0.05, 0) is 68.6 Å². The molecule has 1 fully saturated rings. The Morgan fingerprint density at radius 2 is 1.89 bits per heavy atom. The Bertz CT molecular complexity index is 756. The number of amides is 2. The first-order valence-electron chi connectivity index (χ1n) is 9.72. The molecule has 2 N–H and O–H groups in total. The third kappa shape index (κ3) is 5.56. The average Bonchev–Trinajstić information content (AvgIpc) is 3.42. The summed E-state index contributed by atoms with van der Waals surface area (Å²) in [4.78, 5) is 28.1. The molecule has 1 saturated heterocycles. The Labute approximate surface area is 169 Å². The number of hydrogen-bond donors (Lipinski definition) is 2. The van der Waals surface area contributed by atoms with Gasteiger partial charge in [-0.3, -0.25) is 14.5 Å². The summed E-state index contributed by atoms with van der Waals surface area (Å²) in [7, 11) is 0. The van der Waals surface area contributed by atoms with Crippen LogP contribution < -0.4 is 15.4 Å². The number of rotatable bonds is 9. The van der Waals surface area contributed by atoms with Gasteiger partial charge in [0.05, 0.1) is 19.2 Å². The summed E-state index contributed by atoms with van der Waals surface area (Å²) in [6.45, 7) is 5.13. The van der Waals surface area contributed by atoms with Crippen molar-refractivity contribution in [3.63, 3.8) is 0 Å². The van der Waals surface area contributed by atoms with E-state index in [1.807, 2.05) is 13.0 Å². The van der Waals surface area contributed by atoms with Crippen molar-refractivity contribution >= 4 is 23.2 Å². The van der Waals surface area contributed by atoms with Crippen LogP contribution in [0.15, 0.2) is 41.8 Å². The van der Waals surface area contributed by atoms with Gasteiger partial charge in [-0.15, -0.1) is 11.3 Å². The van der Waals surface area contributed by atoms with Gasteiger partial charge < -0.3 is 15.4 Å².